The summed E-state index contributed by atoms with van der Waals surface area (Å²) in [6.07, 6.45) is 1.38. The lowest BCUT2D eigenvalue weighted by atomic mass is 10.3. The summed E-state index contributed by atoms with van der Waals surface area (Å²) in [5.41, 5.74) is 0.383. The number of ether oxygens (including phenoxy) is 1. The van der Waals surface area contributed by atoms with Crippen molar-refractivity contribution in [2.45, 2.75) is 11.4 Å². The molecule has 2 rings (SSSR count). The molecule has 6 nitrogen and oxygen atoms in total. The molecule has 0 saturated heterocycles. The van der Waals surface area contributed by atoms with E-state index in [1.165, 1.54) is 18.3 Å². The van der Waals surface area contributed by atoms with Gasteiger partial charge in [0.25, 0.3) is 9.05 Å². The van der Waals surface area contributed by atoms with Crippen LogP contribution in [-0.4, -0.2) is 25.9 Å². The standard InChI is InChI=1S/C14H13ClN2O4S/c15-22(19,20)14-7-6-11(10-16-14)17-13(18)8-9-21-12-4-2-1-3-5-12/h1-7,10H,8-9H2,(H,17,18). The first kappa shape index (κ1) is 16.3. The molecule has 1 N–H and O–H groups in total. The zero-order valence-electron chi connectivity index (χ0n) is 11.4. The van der Waals surface area contributed by atoms with Gasteiger partial charge in [0.15, 0.2) is 5.03 Å². The van der Waals surface area contributed by atoms with Crippen LogP contribution in [0.25, 0.3) is 0 Å². The molecule has 0 unspecified atom stereocenters. The first-order chi connectivity index (χ1) is 10.4. The van der Waals surface area contributed by atoms with Gasteiger partial charge in [-0.3, -0.25) is 4.79 Å². The number of nitrogens with one attached hydrogen (secondary N) is 1. The Bertz CT molecular complexity index is 733. The molecular formula is C14H13ClN2O4S. The third-order valence-electron chi connectivity index (χ3n) is 2.61. The van der Waals surface area contributed by atoms with Crippen LogP contribution < -0.4 is 10.1 Å². The van der Waals surface area contributed by atoms with E-state index in [1.54, 1.807) is 12.1 Å². The van der Waals surface area contributed by atoms with Crippen molar-refractivity contribution in [1.29, 1.82) is 0 Å². The topological polar surface area (TPSA) is 85.4 Å². The fourth-order valence-electron chi connectivity index (χ4n) is 1.60. The van der Waals surface area contributed by atoms with Gasteiger partial charge in [-0.15, -0.1) is 0 Å². The van der Waals surface area contributed by atoms with E-state index in [0.717, 1.165) is 0 Å². The maximum atomic E-state index is 11.7. The predicted octanol–water partition coefficient (Wildman–Crippen LogP) is 2.42. The van der Waals surface area contributed by atoms with Crippen LogP contribution in [-0.2, 0) is 13.8 Å². The maximum Gasteiger partial charge on any atom is 0.278 e. The highest BCUT2D eigenvalue weighted by Gasteiger charge is 2.11. The van der Waals surface area contributed by atoms with E-state index in [2.05, 4.69) is 10.3 Å². The molecule has 22 heavy (non-hydrogen) atoms. The van der Waals surface area contributed by atoms with Crippen molar-refractivity contribution in [1.82, 2.24) is 4.98 Å². The van der Waals surface area contributed by atoms with Crippen LogP contribution in [0.15, 0.2) is 53.7 Å². The third-order valence-corrected chi connectivity index (χ3v) is 3.83. The lowest BCUT2D eigenvalue weighted by Gasteiger charge is -2.07. The Hall–Kier alpha value is -2.12. The molecule has 116 valence electrons. The van der Waals surface area contributed by atoms with E-state index >= 15 is 0 Å². The quantitative estimate of drug-likeness (QED) is 0.816. The zero-order chi connectivity index (χ0) is 16.0. The van der Waals surface area contributed by atoms with Crippen LogP contribution in [0.2, 0.25) is 0 Å². The van der Waals surface area contributed by atoms with E-state index in [4.69, 9.17) is 15.4 Å². The summed E-state index contributed by atoms with van der Waals surface area (Å²) in [6.45, 7) is 0.234. The molecule has 0 radical (unpaired) electrons. The number of pyridine rings is 1. The second-order valence-corrected chi connectivity index (χ2v) is 6.80. The van der Waals surface area contributed by atoms with Crippen molar-refractivity contribution in [2.75, 3.05) is 11.9 Å². The van der Waals surface area contributed by atoms with Crippen molar-refractivity contribution in [3.05, 3.63) is 48.7 Å². The number of hydrogen-bond acceptors (Lipinski definition) is 5. The van der Waals surface area contributed by atoms with Gasteiger partial charge in [-0.05, 0) is 24.3 Å². The van der Waals surface area contributed by atoms with E-state index in [0.29, 0.717) is 11.4 Å². The Morgan fingerprint density at radius 3 is 2.50 bits per heavy atom. The molecule has 8 heteroatoms. The van der Waals surface area contributed by atoms with Crippen molar-refractivity contribution >= 4 is 31.3 Å². The Morgan fingerprint density at radius 1 is 1.18 bits per heavy atom. The molecule has 0 aliphatic carbocycles. The number of amides is 1. The number of carbonyl (C=O) groups excluding carboxylic acids is 1. The Balaban J connectivity index is 1.82. The largest absolute Gasteiger partial charge is 0.493 e. The fraction of sp³-hybridized carbons (Fsp3) is 0.143. The summed E-state index contributed by atoms with van der Waals surface area (Å²) < 4.78 is 27.5. The SMILES string of the molecule is O=C(CCOc1ccccc1)Nc1ccc(S(=O)(=O)Cl)nc1. The van der Waals surface area contributed by atoms with Gasteiger partial charge in [-0.2, -0.15) is 0 Å². The minimum Gasteiger partial charge on any atom is -0.493 e. The highest BCUT2D eigenvalue weighted by atomic mass is 35.7. The maximum absolute atomic E-state index is 11.7. The molecule has 2 aromatic rings. The van der Waals surface area contributed by atoms with Crippen LogP contribution in [0, 0.1) is 0 Å². The lowest BCUT2D eigenvalue weighted by molar-refractivity contribution is -0.116. The molecular weight excluding hydrogens is 328 g/mol. The Kier molecular flexibility index (Phi) is 5.35. The number of benzene rings is 1. The second kappa shape index (κ2) is 7.24. The average Bonchev–Trinajstić information content (AvgIpc) is 2.48. The predicted molar refractivity (Wildman–Crippen MR) is 82.5 cm³/mol. The van der Waals surface area contributed by atoms with E-state index in [1.807, 2.05) is 18.2 Å². The number of anilines is 1. The zero-order valence-corrected chi connectivity index (χ0v) is 13.0. The molecule has 1 aromatic carbocycles. The average molecular weight is 341 g/mol. The van der Waals surface area contributed by atoms with Gasteiger partial charge in [0.2, 0.25) is 5.91 Å². The fourth-order valence-corrected chi connectivity index (χ4v) is 2.28. The molecule has 0 saturated carbocycles. The summed E-state index contributed by atoms with van der Waals surface area (Å²) in [4.78, 5) is 15.4. The highest BCUT2D eigenvalue weighted by molar-refractivity contribution is 8.13. The molecule has 0 aliphatic heterocycles. The van der Waals surface area contributed by atoms with Crippen LogP contribution in [0.1, 0.15) is 6.42 Å². The summed E-state index contributed by atoms with van der Waals surface area (Å²) in [7, 11) is 1.28. The van der Waals surface area contributed by atoms with Crippen molar-refractivity contribution < 1.29 is 17.9 Å². The number of rotatable bonds is 6. The Morgan fingerprint density at radius 2 is 1.91 bits per heavy atom. The molecule has 0 atom stereocenters. The number of hydrogen-bond donors (Lipinski definition) is 1. The number of nitrogens with zero attached hydrogens (tertiary/aromatic N) is 1. The van der Waals surface area contributed by atoms with E-state index in [-0.39, 0.29) is 24.0 Å². The van der Waals surface area contributed by atoms with Gasteiger partial charge >= 0.3 is 0 Å². The summed E-state index contributed by atoms with van der Waals surface area (Å²) in [6, 6.07) is 11.8. The van der Waals surface area contributed by atoms with Gasteiger partial charge in [0.05, 0.1) is 24.9 Å². The van der Waals surface area contributed by atoms with Gasteiger partial charge < -0.3 is 10.1 Å². The van der Waals surface area contributed by atoms with Crippen LogP contribution in [0.3, 0.4) is 0 Å². The molecule has 0 fully saturated rings. The minimum absolute atomic E-state index is 0.157. The molecule has 0 bridgehead atoms. The highest BCUT2D eigenvalue weighted by Crippen LogP contribution is 2.14. The first-order valence-electron chi connectivity index (χ1n) is 6.33. The number of para-hydroxylation sites is 1. The van der Waals surface area contributed by atoms with Crippen LogP contribution in [0.5, 0.6) is 5.75 Å². The summed E-state index contributed by atoms with van der Waals surface area (Å²) in [5, 5.41) is 2.32. The first-order valence-corrected chi connectivity index (χ1v) is 8.64. The lowest BCUT2D eigenvalue weighted by Crippen LogP contribution is -2.15. The Labute approximate surface area is 132 Å². The van der Waals surface area contributed by atoms with Gasteiger partial charge in [0, 0.05) is 10.7 Å². The van der Waals surface area contributed by atoms with Crippen molar-refractivity contribution in [2.24, 2.45) is 0 Å². The molecule has 1 aromatic heterocycles. The molecule has 0 aliphatic rings. The van der Waals surface area contributed by atoms with Crippen molar-refractivity contribution in [3.63, 3.8) is 0 Å². The van der Waals surface area contributed by atoms with E-state index < -0.39 is 9.05 Å². The molecule has 1 amide bonds. The minimum atomic E-state index is -3.86. The second-order valence-electron chi connectivity index (χ2n) is 4.28. The number of carbonyl (C=O) groups is 1. The molecule has 1 heterocycles. The summed E-state index contributed by atoms with van der Waals surface area (Å²) >= 11 is 0. The van der Waals surface area contributed by atoms with Crippen LogP contribution in [0.4, 0.5) is 5.69 Å². The van der Waals surface area contributed by atoms with Gasteiger partial charge in [-0.1, -0.05) is 18.2 Å². The normalized spacial score (nSPS) is 11.0. The number of aromatic nitrogens is 1. The smallest absolute Gasteiger partial charge is 0.278 e. The summed E-state index contributed by atoms with van der Waals surface area (Å²) in [5.74, 6) is 0.424. The number of halogens is 1. The molecule has 0 spiro atoms. The third kappa shape index (κ3) is 5.01. The van der Waals surface area contributed by atoms with Crippen LogP contribution >= 0.6 is 10.7 Å². The van der Waals surface area contributed by atoms with Crippen molar-refractivity contribution in [3.8, 4) is 5.75 Å². The van der Waals surface area contributed by atoms with Gasteiger partial charge in [0.1, 0.15) is 5.75 Å². The monoisotopic (exact) mass is 340 g/mol. The van der Waals surface area contributed by atoms with E-state index in [9.17, 15) is 13.2 Å². The van der Waals surface area contributed by atoms with Gasteiger partial charge in [-0.25, -0.2) is 13.4 Å².